The minimum atomic E-state index is 0.0868. The largest absolute Gasteiger partial charge is 0.336 e. The summed E-state index contributed by atoms with van der Waals surface area (Å²) >= 11 is 0. The lowest BCUT2D eigenvalue weighted by molar-refractivity contribution is 0.0632. The van der Waals surface area contributed by atoms with Gasteiger partial charge in [-0.1, -0.05) is 18.2 Å². The molecule has 0 radical (unpaired) electrons. The van der Waals surface area contributed by atoms with Gasteiger partial charge >= 0.3 is 0 Å². The third kappa shape index (κ3) is 4.20. The van der Waals surface area contributed by atoms with Crippen LogP contribution in [0.4, 0.5) is 0 Å². The molecule has 4 rings (SSSR count). The van der Waals surface area contributed by atoms with E-state index in [2.05, 4.69) is 20.0 Å². The van der Waals surface area contributed by atoms with Crippen LogP contribution in [-0.2, 0) is 6.54 Å². The Morgan fingerprint density at radius 1 is 1.00 bits per heavy atom. The third-order valence-corrected chi connectivity index (χ3v) is 4.84. The van der Waals surface area contributed by atoms with E-state index in [9.17, 15) is 4.79 Å². The Labute approximate surface area is 158 Å². The fourth-order valence-corrected chi connectivity index (χ4v) is 3.29. The van der Waals surface area contributed by atoms with E-state index in [4.69, 9.17) is 0 Å². The summed E-state index contributed by atoms with van der Waals surface area (Å²) in [5, 5.41) is 4.13. The van der Waals surface area contributed by atoms with E-state index in [-0.39, 0.29) is 5.91 Å². The number of hydrogen-bond donors (Lipinski definition) is 0. The van der Waals surface area contributed by atoms with Gasteiger partial charge in [0.2, 0.25) is 0 Å². The predicted molar refractivity (Wildman–Crippen MR) is 102 cm³/mol. The molecule has 1 amide bonds. The summed E-state index contributed by atoms with van der Waals surface area (Å²) in [4.78, 5) is 25.5. The average molecular weight is 362 g/mol. The van der Waals surface area contributed by atoms with Crippen molar-refractivity contribution in [2.75, 3.05) is 32.7 Å². The number of pyridine rings is 1. The first-order valence-electron chi connectivity index (χ1n) is 9.15. The second-order valence-electron chi connectivity index (χ2n) is 6.59. The highest BCUT2D eigenvalue weighted by atomic mass is 16.2. The topological polar surface area (TPSA) is 67.2 Å². The van der Waals surface area contributed by atoms with Gasteiger partial charge < -0.3 is 4.90 Å². The fraction of sp³-hybridized carbons (Fsp3) is 0.300. The smallest absolute Gasteiger partial charge is 0.253 e. The number of rotatable bonds is 5. The van der Waals surface area contributed by atoms with Crippen molar-refractivity contribution >= 4 is 5.91 Å². The molecule has 1 fully saturated rings. The number of carbonyl (C=O) groups excluding carboxylic acids is 1. The maximum absolute atomic E-state index is 12.9. The van der Waals surface area contributed by atoms with Crippen LogP contribution in [0.5, 0.6) is 0 Å². The number of carbonyl (C=O) groups is 1. The molecular weight excluding hydrogens is 340 g/mol. The second-order valence-corrected chi connectivity index (χ2v) is 6.59. The molecule has 0 unspecified atom stereocenters. The Morgan fingerprint density at radius 3 is 2.63 bits per heavy atom. The third-order valence-electron chi connectivity index (χ3n) is 4.84. The molecule has 0 N–H and O–H groups in total. The number of aromatic nitrogens is 4. The molecule has 1 saturated heterocycles. The summed E-state index contributed by atoms with van der Waals surface area (Å²) in [7, 11) is 0. The molecular formula is C20H22N6O. The van der Waals surface area contributed by atoms with Crippen molar-refractivity contribution in [1.29, 1.82) is 0 Å². The van der Waals surface area contributed by atoms with Crippen molar-refractivity contribution in [2.24, 2.45) is 0 Å². The van der Waals surface area contributed by atoms with E-state index in [1.54, 1.807) is 18.9 Å². The Morgan fingerprint density at radius 2 is 1.89 bits per heavy atom. The van der Waals surface area contributed by atoms with Crippen molar-refractivity contribution in [3.63, 3.8) is 0 Å². The van der Waals surface area contributed by atoms with Crippen molar-refractivity contribution in [3.8, 4) is 11.3 Å². The first kappa shape index (κ1) is 17.4. The molecule has 138 valence electrons. The first-order valence-corrected chi connectivity index (χ1v) is 9.15. The molecule has 1 aliphatic heterocycles. The van der Waals surface area contributed by atoms with Crippen LogP contribution in [0, 0.1) is 0 Å². The summed E-state index contributed by atoms with van der Waals surface area (Å²) in [5.41, 5.74) is 2.56. The summed E-state index contributed by atoms with van der Waals surface area (Å²) in [5.74, 6) is 0.0868. The Hall–Kier alpha value is -3.06. The van der Waals surface area contributed by atoms with Crippen molar-refractivity contribution in [2.45, 2.75) is 6.54 Å². The molecule has 0 aliphatic carbocycles. The van der Waals surface area contributed by atoms with E-state index in [1.165, 1.54) is 0 Å². The van der Waals surface area contributed by atoms with Gasteiger partial charge in [-0.2, -0.15) is 5.10 Å². The van der Waals surface area contributed by atoms with Crippen LogP contribution in [0.1, 0.15) is 10.4 Å². The summed E-state index contributed by atoms with van der Waals surface area (Å²) in [6.07, 6.45) is 5.05. The summed E-state index contributed by atoms with van der Waals surface area (Å²) in [6, 6.07) is 13.5. The molecule has 1 aliphatic rings. The molecule has 0 spiro atoms. The second kappa shape index (κ2) is 8.09. The number of hydrogen-bond acceptors (Lipinski definition) is 5. The van der Waals surface area contributed by atoms with Crippen LogP contribution < -0.4 is 0 Å². The van der Waals surface area contributed by atoms with Gasteiger partial charge in [0.25, 0.3) is 5.91 Å². The lowest BCUT2D eigenvalue weighted by Crippen LogP contribution is -2.49. The van der Waals surface area contributed by atoms with Crippen LogP contribution in [0.15, 0.2) is 61.3 Å². The normalized spacial score (nSPS) is 15.0. The molecule has 7 heteroatoms. The number of piperazine rings is 1. The number of nitrogens with zero attached hydrogens (tertiary/aromatic N) is 6. The van der Waals surface area contributed by atoms with Crippen molar-refractivity contribution in [3.05, 3.63) is 66.9 Å². The van der Waals surface area contributed by atoms with E-state index in [0.29, 0.717) is 5.56 Å². The molecule has 1 aromatic carbocycles. The lowest BCUT2D eigenvalue weighted by atomic mass is 10.1. The van der Waals surface area contributed by atoms with Crippen molar-refractivity contribution < 1.29 is 4.79 Å². The molecule has 2 aromatic heterocycles. The van der Waals surface area contributed by atoms with Gasteiger partial charge in [0.15, 0.2) is 0 Å². The van der Waals surface area contributed by atoms with Crippen molar-refractivity contribution in [1.82, 2.24) is 29.5 Å². The van der Waals surface area contributed by atoms with Crippen LogP contribution in [-0.4, -0.2) is 68.2 Å². The highest BCUT2D eigenvalue weighted by Crippen LogP contribution is 2.19. The van der Waals surface area contributed by atoms with E-state index in [1.807, 2.05) is 52.0 Å². The zero-order chi connectivity index (χ0) is 18.5. The average Bonchev–Trinajstić information content (AvgIpc) is 3.27. The standard InChI is InChI=1S/C20H22N6O/c27-20(18-5-3-4-17(14-18)19-6-1-2-7-22-19)25-11-8-24(9-12-25)10-13-26-16-21-15-23-26/h1-7,14-16H,8-13H2. The Kier molecular flexibility index (Phi) is 5.20. The van der Waals surface area contributed by atoms with Crippen LogP contribution in [0.25, 0.3) is 11.3 Å². The van der Waals surface area contributed by atoms with Gasteiger partial charge in [-0.05, 0) is 24.3 Å². The maximum Gasteiger partial charge on any atom is 0.253 e. The Balaban J connectivity index is 1.35. The quantitative estimate of drug-likeness (QED) is 0.692. The zero-order valence-corrected chi connectivity index (χ0v) is 15.1. The Bertz CT molecular complexity index is 873. The lowest BCUT2D eigenvalue weighted by Gasteiger charge is -2.34. The van der Waals surface area contributed by atoms with E-state index < -0.39 is 0 Å². The van der Waals surface area contributed by atoms with Gasteiger partial charge in [0.05, 0.1) is 12.2 Å². The van der Waals surface area contributed by atoms with Crippen LogP contribution in [0.3, 0.4) is 0 Å². The monoisotopic (exact) mass is 362 g/mol. The van der Waals surface area contributed by atoms with Gasteiger partial charge in [-0.25, -0.2) is 4.98 Å². The minimum absolute atomic E-state index is 0.0868. The maximum atomic E-state index is 12.9. The highest BCUT2D eigenvalue weighted by molar-refractivity contribution is 5.95. The SMILES string of the molecule is O=C(c1cccc(-c2ccccn2)c1)N1CCN(CCn2cncn2)CC1. The molecule has 3 aromatic rings. The fourth-order valence-electron chi connectivity index (χ4n) is 3.29. The van der Waals surface area contributed by atoms with Gasteiger partial charge in [0, 0.05) is 50.0 Å². The zero-order valence-electron chi connectivity index (χ0n) is 15.1. The summed E-state index contributed by atoms with van der Waals surface area (Å²) in [6.45, 7) is 4.97. The number of benzene rings is 1. The molecule has 0 bridgehead atoms. The van der Waals surface area contributed by atoms with Gasteiger partial charge in [0.1, 0.15) is 12.7 Å². The minimum Gasteiger partial charge on any atom is -0.336 e. The molecule has 3 heterocycles. The molecule has 0 saturated carbocycles. The van der Waals surface area contributed by atoms with E-state index >= 15 is 0 Å². The molecule has 27 heavy (non-hydrogen) atoms. The molecule has 7 nitrogen and oxygen atoms in total. The number of amides is 1. The van der Waals surface area contributed by atoms with Gasteiger partial charge in [-0.15, -0.1) is 0 Å². The molecule has 0 atom stereocenters. The predicted octanol–water partition coefficient (Wildman–Crippen LogP) is 1.80. The first-order chi connectivity index (χ1) is 13.3. The van der Waals surface area contributed by atoms with Crippen LogP contribution in [0.2, 0.25) is 0 Å². The van der Waals surface area contributed by atoms with E-state index in [0.717, 1.165) is 50.5 Å². The summed E-state index contributed by atoms with van der Waals surface area (Å²) < 4.78 is 1.83. The van der Waals surface area contributed by atoms with Crippen LogP contribution >= 0.6 is 0 Å². The highest BCUT2D eigenvalue weighted by Gasteiger charge is 2.22. The van der Waals surface area contributed by atoms with Gasteiger partial charge in [-0.3, -0.25) is 19.4 Å².